The molecule has 1 aliphatic heterocycles. The standard InChI is InChI=1S/C27H31N3O5/c1-4-29(21-8-6-5-7-9-21)24(31)18-30-25(32)27(28-26(30)33,19-10-14-22(34-2)15-11-19)20-12-16-23(35-3)17-13-20/h8,10-17H,4-7,9,18H2,1-3H3,(H,28,33). The first-order valence-electron chi connectivity index (χ1n) is 11.9. The molecule has 1 heterocycles. The number of rotatable bonds is 8. The Kier molecular flexibility index (Phi) is 7.10. The lowest BCUT2D eigenvalue weighted by atomic mass is 9.82. The van der Waals surface area contributed by atoms with Crippen molar-refractivity contribution < 1.29 is 23.9 Å². The summed E-state index contributed by atoms with van der Waals surface area (Å²) in [5.74, 6) is 0.479. The molecule has 8 nitrogen and oxygen atoms in total. The number of amides is 4. The molecule has 0 bridgehead atoms. The molecular weight excluding hydrogens is 446 g/mol. The molecule has 0 unspecified atom stereocenters. The van der Waals surface area contributed by atoms with Gasteiger partial charge in [-0.25, -0.2) is 4.79 Å². The third-order valence-electron chi connectivity index (χ3n) is 6.68. The van der Waals surface area contributed by atoms with Crippen molar-refractivity contribution in [2.75, 3.05) is 27.3 Å². The Hall–Kier alpha value is -3.81. The summed E-state index contributed by atoms with van der Waals surface area (Å²) in [6.07, 6.45) is 5.96. The summed E-state index contributed by atoms with van der Waals surface area (Å²) in [6, 6.07) is 13.3. The van der Waals surface area contributed by atoms with Gasteiger partial charge in [-0.2, -0.15) is 0 Å². The van der Waals surface area contributed by atoms with Gasteiger partial charge >= 0.3 is 6.03 Å². The van der Waals surface area contributed by atoms with Gasteiger partial charge in [-0.1, -0.05) is 30.3 Å². The van der Waals surface area contributed by atoms with Crippen molar-refractivity contribution in [1.82, 2.24) is 15.1 Å². The third kappa shape index (κ3) is 4.48. The van der Waals surface area contributed by atoms with Crippen molar-refractivity contribution in [1.29, 1.82) is 0 Å². The molecule has 0 aromatic heterocycles. The number of nitrogens with zero attached hydrogens (tertiary/aromatic N) is 2. The van der Waals surface area contributed by atoms with E-state index in [-0.39, 0.29) is 12.5 Å². The fourth-order valence-corrected chi connectivity index (χ4v) is 4.79. The number of hydrogen-bond donors (Lipinski definition) is 1. The second-order valence-electron chi connectivity index (χ2n) is 8.61. The van der Waals surface area contributed by atoms with E-state index >= 15 is 0 Å². The number of allylic oxidation sites excluding steroid dienone is 2. The summed E-state index contributed by atoms with van der Waals surface area (Å²) in [4.78, 5) is 43.1. The van der Waals surface area contributed by atoms with Crippen LogP contribution in [0.4, 0.5) is 4.79 Å². The SMILES string of the molecule is CCN(C(=O)CN1C(=O)NC(c2ccc(OC)cc2)(c2ccc(OC)cc2)C1=O)C1=CCCCC1. The van der Waals surface area contributed by atoms with Crippen LogP contribution in [0.1, 0.15) is 43.7 Å². The molecule has 4 amide bonds. The molecule has 0 saturated carbocycles. The van der Waals surface area contributed by atoms with Crippen LogP contribution < -0.4 is 14.8 Å². The van der Waals surface area contributed by atoms with E-state index in [2.05, 4.69) is 11.4 Å². The van der Waals surface area contributed by atoms with Crippen molar-refractivity contribution >= 4 is 17.8 Å². The first-order valence-corrected chi connectivity index (χ1v) is 11.9. The molecule has 2 aromatic carbocycles. The quantitative estimate of drug-likeness (QED) is 0.585. The van der Waals surface area contributed by atoms with E-state index in [1.807, 2.05) is 6.92 Å². The topological polar surface area (TPSA) is 88.2 Å². The first-order chi connectivity index (χ1) is 16.9. The van der Waals surface area contributed by atoms with Crippen molar-refractivity contribution in [2.24, 2.45) is 0 Å². The molecule has 0 spiro atoms. The van der Waals surface area contributed by atoms with Gasteiger partial charge in [0.05, 0.1) is 14.2 Å². The molecule has 1 saturated heterocycles. The van der Waals surface area contributed by atoms with Crippen LogP contribution in [0, 0.1) is 0 Å². The Balaban J connectivity index is 1.70. The molecule has 1 N–H and O–H groups in total. The highest BCUT2D eigenvalue weighted by atomic mass is 16.5. The van der Waals surface area contributed by atoms with Crippen molar-refractivity contribution in [2.45, 2.75) is 38.1 Å². The second-order valence-corrected chi connectivity index (χ2v) is 8.61. The third-order valence-corrected chi connectivity index (χ3v) is 6.68. The van der Waals surface area contributed by atoms with Crippen LogP contribution in [-0.4, -0.2) is 55.0 Å². The molecular formula is C27H31N3O5. The number of hydrogen-bond acceptors (Lipinski definition) is 5. The number of ether oxygens (including phenoxy) is 2. The van der Waals surface area contributed by atoms with E-state index in [0.29, 0.717) is 29.2 Å². The van der Waals surface area contributed by atoms with Gasteiger partial charge in [0.2, 0.25) is 5.91 Å². The molecule has 2 aliphatic rings. The van der Waals surface area contributed by atoms with E-state index in [1.165, 1.54) is 0 Å². The van der Waals surface area contributed by atoms with Crippen molar-refractivity contribution in [3.05, 3.63) is 71.4 Å². The highest BCUT2D eigenvalue weighted by molar-refractivity contribution is 6.11. The zero-order chi connectivity index (χ0) is 25.0. The number of likely N-dealkylation sites (N-methyl/N-ethyl adjacent to an activating group) is 1. The van der Waals surface area contributed by atoms with Crippen LogP contribution in [0.2, 0.25) is 0 Å². The van der Waals surface area contributed by atoms with E-state index in [1.54, 1.807) is 67.7 Å². The fourth-order valence-electron chi connectivity index (χ4n) is 4.79. The number of urea groups is 1. The molecule has 0 atom stereocenters. The van der Waals surface area contributed by atoms with Crippen LogP contribution in [0.25, 0.3) is 0 Å². The number of carbonyl (C=O) groups excluding carboxylic acids is 3. The van der Waals surface area contributed by atoms with Crippen molar-refractivity contribution in [3.63, 3.8) is 0 Å². The molecule has 0 radical (unpaired) electrons. The smallest absolute Gasteiger partial charge is 0.326 e. The fraction of sp³-hybridized carbons (Fsp3) is 0.370. The Labute approximate surface area is 205 Å². The van der Waals surface area contributed by atoms with E-state index in [0.717, 1.165) is 36.3 Å². The summed E-state index contributed by atoms with van der Waals surface area (Å²) >= 11 is 0. The van der Waals surface area contributed by atoms with Crippen LogP contribution in [-0.2, 0) is 15.1 Å². The number of methoxy groups -OCH3 is 2. The second kappa shape index (κ2) is 10.2. The number of imide groups is 1. The summed E-state index contributed by atoms with van der Waals surface area (Å²) in [6.45, 7) is 2.05. The van der Waals surface area contributed by atoms with Crippen LogP contribution in [0.5, 0.6) is 11.5 Å². The van der Waals surface area contributed by atoms with E-state index in [4.69, 9.17) is 9.47 Å². The largest absolute Gasteiger partial charge is 0.497 e. The number of nitrogens with one attached hydrogen (secondary N) is 1. The maximum Gasteiger partial charge on any atom is 0.326 e. The van der Waals surface area contributed by atoms with Gasteiger partial charge in [0.15, 0.2) is 5.54 Å². The monoisotopic (exact) mass is 477 g/mol. The normalized spacial score (nSPS) is 17.0. The number of carbonyl (C=O) groups is 3. The molecule has 1 aliphatic carbocycles. The Morgan fingerprint density at radius 2 is 1.54 bits per heavy atom. The lowest BCUT2D eigenvalue weighted by Gasteiger charge is -2.29. The first kappa shape index (κ1) is 24.3. The minimum absolute atomic E-state index is 0.274. The van der Waals surface area contributed by atoms with Gasteiger partial charge in [0.25, 0.3) is 5.91 Å². The number of benzene rings is 2. The Morgan fingerprint density at radius 1 is 0.971 bits per heavy atom. The molecule has 1 fully saturated rings. The van der Waals surface area contributed by atoms with Crippen LogP contribution in [0.15, 0.2) is 60.3 Å². The average Bonchev–Trinajstić information content (AvgIpc) is 3.15. The van der Waals surface area contributed by atoms with E-state index in [9.17, 15) is 14.4 Å². The molecule has 35 heavy (non-hydrogen) atoms. The summed E-state index contributed by atoms with van der Waals surface area (Å²) < 4.78 is 10.5. The summed E-state index contributed by atoms with van der Waals surface area (Å²) in [5, 5.41) is 2.89. The van der Waals surface area contributed by atoms with Gasteiger partial charge in [-0.3, -0.25) is 14.5 Å². The van der Waals surface area contributed by atoms with Gasteiger partial charge in [0.1, 0.15) is 18.0 Å². The molecule has 184 valence electrons. The minimum atomic E-state index is -1.48. The predicted octanol–water partition coefficient (Wildman–Crippen LogP) is 3.81. The minimum Gasteiger partial charge on any atom is -0.497 e. The lowest BCUT2D eigenvalue weighted by molar-refractivity contribution is -0.137. The highest BCUT2D eigenvalue weighted by Crippen LogP contribution is 2.37. The van der Waals surface area contributed by atoms with Crippen LogP contribution in [0.3, 0.4) is 0 Å². The Morgan fingerprint density at radius 3 is 2.00 bits per heavy atom. The van der Waals surface area contributed by atoms with Gasteiger partial charge in [-0.15, -0.1) is 0 Å². The zero-order valence-electron chi connectivity index (χ0n) is 20.4. The maximum atomic E-state index is 14.0. The van der Waals surface area contributed by atoms with Gasteiger partial charge in [0, 0.05) is 12.2 Å². The molecule has 8 heteroatoms. The maximum absolute atomic E-state index is 14.0. The summed E-state index contributed by atoms with van der Waals surface area (Å²) in [5.41, 5.74) is 0.627. The highest BCUT2D eigenvalue weighted by Gasteiger charge is 2.54. The summed E-state index contributed by atoms with van der Waals surface area (Å²) in [7, 11) is 3.12. The van der Waals surface area contributed by atoms with E-state index < -0.39 is 17.5 Å². The van der Waals surface area contributed by atoms with Gasteiger partial charge < -0.3 is 19.7 Å². The molecule has 2 aromatic rings. The average molecular weight is 478 g/mol. The van der Waals surface area contributed by atoms with Gasteiger partial charge in [-0.05, 0) is 68.0 Å². The molecule has 4 rings (SSSR count). The zero-order valence-corrected chi connectivity index (χ0v) is 20.4. The van der Waals surface area contributed by atoms with Crippen molar-refractivity contribution in [3.8, 4) is 11.5 Å². The predicted molar refractivity (Wildman–Crippen MR) is 131 cm³/mol. The lowest BCUT2D eigenvalue weighted by Crippen LogP contribution is -2.46. The Bertz CT molecular complexity index is 1080. The van der Waals surface area contributed by atoms with Crippen LogP contribution >= 0.6 is 0 Å².